The zero-order valence-electron chi connectivity index (χ0n) is 13.7. The van der Waals surface area contributed by atoms with Gasteiger partial charge in [0, 0.05) is 30.7 Å². The molecule has 3 nitrogen and oxygen atoms in total. The van der Waals surface area contributed by atoms with Gasteiger partial charge in [-0.2, -0.15) is 0 Å². The molecule has 0 amide bonds. The van der Waals surface area contributed by atoms with E-state index in [1.807, 2.05) is 0 Å². The molecule has 1 atom stereocenters. The highest BCUT2D eigenvalue weighted by Crippen LogP contribution is 2.30. The summed E-state index contributed by atoms with van der Waals surface area (Å²) in [6.45, 7) is 17.7. The van der Waals surface area contributed by atoms with E-state index >= 15 is 0 Å². The molecule has 1 N–H and O–H groups in total. The Morgan fingerprint density at radius 2 is 2.00 bits per heavy atom. The number of nitrogens with one attached hydrogen (secondary N) is 1. The van der Waals surface area contributed by atoms with E-state index in [2.05, 4.69) is 44.8 Å². The van der Waals surface area contributed by atoms with Crippen molar-refractivity contribution in [2.45, 2.75) is 59.4 Å². The lowest BCUT2D eigenvalue weighted by Gasteiger charge is -2.42. The summed E-state index contributed by atoms with van der Waals surface area (Å²) >= 11 is 0. The van der Waals surface area contributed by atoms with Gasteiger partial charge in [0.1, 0.15) is 0 Å². The molecule has 0 aromatic heterocycles. The molecule has 0 aromatic carbocycles. The molecule has 1 heterocycles. The van der Waals surface area contributed by atoms with Crippen molar-refractivity contribution in [2.24, 2.45) is 5.41 Å². The van der Waals surface area contributed by atoms with Crippen molar-refractivity contribution in [3.05, 3.63) is 0 Å². The lowest BCUT2D eigenvalue weighted by atomic mass is 9.81. The Hall–Kier alpha value is -0.120. The Kier molecular flexibility index (Phi) is 6.78. The molecule has 0 aromatic rings. The van der Waals surface area contributed by atoms with Crippen LogP contribution in [-0.4, -0.2) is 49.8 Å². The van der Waals surface area contributed by atoms with Crippen LogP contribution in [0.1, 0.15) is 53.9 Å². The van der Waals surface area contributed by atoms with E-state index in [1.165, 1.54) is 32.4 Å². The molecule has 1 rings (SSSR count). The van der Waals surface area contributed by atoms with Gasteiger partial charge in [-0.25, -0.2) is 0 Å². The number of nitrogens with zero attached hydrogens (tertiary/aromatic N) is 1. The Labute approximate surface area is 120 Å². The number of ether oxygens (including phenoxy) is 1. The fourth-order valence-electron chi connectivity index (χ4n) is 2.82. The van der Waals surface area contributed by atoms with Gasteiger partial charge in [0.15, 0.2) is 0 Å². The van der Waals surface area contributed by atoms with Crippen LogP contribution in [0.25, 0.3) is 0 Å². The monoisotopic (exact) mass is 270 g/mol. The summed E-state index contributed by atoms with van der Waals surface area (Å²) in [5.41, 5.74) is 0.489. The van der Waals surface area contributed by atoms with Gasteiger partial charge in [-0.1, -0.05) is 13.8 Å². The second-order valence-corrected chi connectivity index (χ2v) is 7.13. The minimum absolute atomic E-state index is 0.187. The van der Waals surface area contributed by atoms with E-state index in [9.17, 15) is 0 Å². The first-order valence-electron chi connectivity index (χ1n) is 7.96. The molecule has 0 saturated carbocycles. The molecule has 1 fully saturated rings. The largest absolute Gasteiger partial charge is 0.381 e. The molecular weight excluding hydrogens is 236 g/mol. The second-order valence-electron chi connectivity index (χ2n) is 7.13. The lowest BCUT2D eigenvalue weighted by molar-refractivity contribution is -0.0281. The minimum Gasteiger partial charge on any atom is -0.381 e. The van der Waals surface area contributed by atoms with Gasteiger partial charge < -0.3 is 15.0 Å². The smallest absolute Gasteiger partial charge is 0.0546 e. The van der Waals surface area contributed by atoms with Crippen LogP contribution >= 0.6 is 0 Å². The van der Waals surface area contributed by atoms with Gasteiger partial charge >= 0.3 is 0 Å². The third kappa shape index (κ3) is 6.24. The topological polar surface area (TPSA) is 24.5 Å². The molecule has 1 unspecified atom stereocenters. The minimum atomic E-state index is 0.187. The Morgan fingerprint density at radius 1 is 1.26 bits per heavy atom. The van der Waals surface area contributed by atoms with E-state index in [0.29, 0.717) is 5.41 Å². The SMILES string of the molecule is CCCN(CC)CC1(CNC(C)(C)C)CCCOC1. The van der Waals surface area contributed by atoms with Crippen LogP contribution in [0.4, 0.5) is 0 Å². The van der Waals surface area contributed by atoms with Crippen LogP contribution in [0, 0.1) is 5.41 Å². The van der Waals surface area contributed by atoms with Gasteiger partial charge in [-0.05, 0) is 53.1 Å². The standard InChI is InChI=1S/C16H34N2O/c1-6-10-18(7-2)13-16(9-8-11-19-14-16)12-17-15(3,4)5/h17H,6-14H2,1-5H3. The van der Waals surface area contributed by atoms with Crippen LogP contribution < -0.4 is 5.32 Å². The van der Waals surface area contributed by atoms with Gasteiger partial charge in [0.25, 0.3) is 0 Å². The van der Waals surface area contributed by atoms with Crippen LogP contribution in [0.15, 0.2) is 0 Å². The number of hydrogen-bond acceptors (Lipinski definition) is 3. The average Bonchev–Trinajstić information content (AvgIpc) is 2.36. The first-order chi connectivity index (χ1) is 8.91. The first kappa shape index (κ1) is 16.9. The number of rotatable bonds is 7. The zero-order chi connectivity index (χ0) is 14.4. The molecule has 0 spiro atoms. The van der Waals surface area contributed by atoms with Gasteiger partial charge in [0.2, 0.25) is 0 Å². The van der Waals surface area contributed by atoms with E-state index in [4.69, 9.17) is 4.74 Å². The molecule has 3 heteroatoms. The van der Waals surface area contributed by atoms with Crippen LogP contribution in [0.5, 0.6) is 0 Å². The fraction of sp³-hybridized carbons (Fsp3) is 1.00. The average molecular weight is 270 g/mol. The molecule has 19 heavy (non-hydrogen) atoms. The third-order valence-corrected chi connectivity index (χ3v) is 3.94. The summed E-state index contributed by atoms with van der Waals surface area (Å²) in [7, 11) is 0. The maximum absolute atomic E-state index is 5.81. The molecular formula is C16H34N2O. The molecule has 0 aliphatic carbocycles. The maximum atomic E-state index is 5.81. The maximum Gasteiger partial charge on any atom is 0.0546 e. The van der Waals surface area contributed by atoms with Gasteiger partial charge in [-0.15, -0.1) is 0 Å². The number of hydrogen-bond donors (Lipinski definition) is 1. The fourth-order valence-corrected chi connectivity index (χ4v) is 2.82. The van der Waals surface area contributed by atoms with Crippen LogP contribution in [0.2, 0.25) is 0 Å². The van der Waals surface area contributed by atoms with Crippen molar-refractivity contribution in [3.63, 3.8) is 0 Å². The molecule has 1 aliphatic rings. The van der Waals surface area contributed by atoms with E-state index in [-0.39, 0.29) is 5.54 Å². The highest BCUT2D eigenvalue weighted by Gasteiger charge is 2.35. The van der Waals surface area contributed by atoms with Gasteiger partial charge in [-0.3, -0.25) is 0 Å². The Morgan fingerprint density at radius 3 is 2.47 bits per heavy atom. The molecule has 1 aliphatic heterocycles. The van der Waals surface area contributed by atoms with Crippen molar-refractivity contribution in [3.8, 4) is 0 Å². The summed E-state index contributed by atoms with van der Waals surface area (Å²) in [5, 5.41) is 3.70. The van der Waals surface area contributed by atoms with E-state index < -0.39 is 0 Å². The summed E-state index contributed by atoms with van der Waals surface area (Å²) in [6.07, 6.45) is 3.73. The predicted octanol–water partition coefficient (Wildman–Crippen LogP) is 2.90. The predicted molar refractivity (Wildman–Crippen MR) is 82.6 cm³/mol. The van der Waals surface area contributed by atoms with Crippen molar-refractivity contribution in [1.29, 1.82) is 0 Å². The molecule has 0 radical (unpaired) electrons. The van der Waals surface area contributed by atoms with E-state index in [0.717, 1.165) is 26.3 Å². The summed E-state index contributed by atoms with van der Waals surface area (Å²) in [4.78, 5) is 2.58. The van der Waals surface area contributed by atoms with Crippen LogP contribution in [-0.2, 0) is 4.74 Å². The highest BCUT2D eigenvalue weighted by atomic mass is 16.5. The molecule has 114 valence electrons. The summed E-state index contributed by atoms with van der Waals surface area (Å²) < 4.78 is 5.81. The first-order valence-corrected chi connectivity index (χ1v) is 7.96. The Bertz CT molecular complexity index is 242. The second kappa shape index (κ2) is 7.61. The van der Waals surface area contributed by atoms with Gasteiger partial charge in [0.05, 0.1) is 6.61 Å². The van der Waals surface area contributed by atoms with E-state index in [1.54, 1.807) is 0 Å². The van der Waals surface area contributed by atoms with Crippen molar-refractivity contribution < 1.29 is 4.74 Å². The normalized spacial score (nSPS) is 24.9. The summed E-state index contributed by atoms with van der Waals surface area (Å²) in [5.74, 6) is 0. The lowest BCUT2D eigenvalue weighted by Crippen LogP contribution is -2.52. The quantitative estimate of drug-likeness (QED) is 0.770. The summed E-state index contributed by atoms with van der Waals surface area (Å²) in [6, 6.07) is 0. The third-order valence-electron chi connectivity index (χ3n) is 3.94. The highest BCUT2D eigenvalue weighted by molar-refractivity contribution is 4.89. The zero-order valence-corrected chi connectivity index (χ0v) is 13.7. The van der Waals surface area contributed by atoms with Crippen molar-refractivity contribution in [1.82, 2.24) is 10.2 Å². The Balaban J connectivity index is 2.63. The van der Waals surface area contributed by atoms with Crippen LogP contribution in [0.3, 0.4) is 0 Å². The molecule has 0 bridgehead atoms. The van der Waals surface area contributed by atoms with Crippen molar-refractivity contribution >= 4 is 0 Å². The van der Waals surface area contributed by atoms with Crippen molar-refractivity contribution in [2.75, 3.05) is 39.4 Å². The molecule has 1 saturated heterocycles.